The van der Waals surface area contributed by atoms with Crippen LogP contribution < -0.4 is 0 Å². The Morgan fingerprint density at radius 3 is 2.63 bits per heavy atom. The number of ether oxygens (including phenoxy) is 1. The highest BCUT2D eigenvalue weighted by Gasteiger charge is 2.59. The molecule has 8 nitrogen and oxygen atoms in total. The number of allylic oxidation sites excluding steroid dienone is 2. The summed E-state index contributed by atoms with van der Waals surface area (Å²) in [5.41, 5.74) is 4.02. The molecule has 0 saturated carbocycles. The Morgan fingerprint density at radius 2 is 2.00 bits per heavy atom. The molecule has 1 aromatic carbocycles. The Hall–Kier alpha value is -2.62. The van der Waals surface area contributed by atoms with Crippen molar-refractivity contribution in [3.05, 3.63) is 45.5 Å². The smallest absolute Gasteiger partial charge is 0.455 e. The Morgan fingerprint density at radius 1 is 1.26 bits per heavy atom. The second-order valence-corrected chi connectivity index (χ2v) is 11.1. The number of hydrogen-bond acceptors (Lipinski definition) is 7. The van der Waals surface area contributed by atoms with E-state index in [0.29, 0.717) is 29.2 Å². The van der Waals surface area contributed by atoms with Crippen molar-refractivity contribution in [2.24, 2.45) is 23.7 Å². The number of halogens is 1. The Balaban J connectivity index is 1.65. The maximum Gasteiger partial charge on any atom is 0.455 e. The normalized spacial score (nSPS) is 25.7. The molecular weight excluding hydrogens is 509 g/mol. The Bertz CT molecular complexity index is 1180. The van der Waals surface area contributed by atoms with Gasteiger partial charge in [0.25, 0.3) is 0 Å². The van der Waals surface area contributed by atoms with Crippen molar-refractivity contribution in [2.75, 3.05) is 7.11 Å². The summed E-state index contributed by atoms with van der Waals surface area (Å²) in [4.78, 5) is 39.3. The van der Waals surface area contributed by atoms with Crippen LogP contribution in [-0.2, 0) is 19.0 Å². The molecule has 0 aromatic heterocycles. The third-order valence-corrected chi connectivity index (χ3v) is 8.27. The summed E-state index contributed by atoms with van der Waals surface area (Å²) in [5, 5.41) is 20.9. The van der Waals surface area contributed by atoms with Crippen LogP contribution in [0.2, 0.25) is 11.3 Å². The zero-order valence-electron chi connectivity index (χ0n) is 22.3. The molecule has 0 bridgehead atoms. The molecule has 3 amide bonds. The molecule has 0 spiro atoms. The zero-order valence-corrected chi connectivity index (χ0v) is 23.0. The van der Waals surface area contributed by atoms with Crippen molar-refractivity contribution in [3.8, 4) is 5.75 Å². The lowest BCUT2D eigenvalue weighted by Crippen LogP contribution is -2.46. The zero-order chi connectivity index (χ0) is 27.7. The van der Waals surface area contributed by atoms with Crippen LogP contribution >= 0.6 is 11.6 Å². The molecule has 2 fully saturated rings. The summed E-state index contributed by atoms with van der Waals surface area (Å²) in [5.74, 6) is -2.64. The number of amides is 3. The van der Waals surface area contributed by atoms with Crippen LogP contribution in [-0.4, -0.2) is 53.3 Å². The van der Waals surface area contributed by atoms with Crippen molar-refractivity contribution in [3.63, 3.8) is 0 Å². The number of rotatable bonds is 7. The molecule has 4 rings (SSSR count). The summed E-state index contributed by atoms with van der Waals surface area (Å²) in [6.07, 6.45) is 4.26. The Labute approximate surface area is 228 Å². The number of phenolic OH excluding ortho intramolecular Hbond substituents is 1. The summed E-state index contributed by atoms with van der Waals surface area (Å²) < 4.78 is 10.8. The number of aromatic hydroxyl groups is 1. The van der Waals surface area contributed by atoms with E-state index in [-0.39, 0.29) is 18.0 Å². The van der Waals surface area contributed by atoms with Crippen molar-refractivity contribution in [2.45, 2.75) is 65.3 Å². The molecule has 10 heteroatoms. The van der Waals surface area contributed by atoms with E-state index in [2.05, 4.69) is 20.8 Å². The summed E-state index contributed by atoms with van der Waals surface area (Å²) in [6, 6.07) is 4.89. The number of imide groups is 3. The molecule has 4 atom stereocenters. The average molecular weight is 544 g/mol. The molecule has 0 radical (unpaired) electrons. The van der Waals surface area contributed by atoms with E-state index in [1.54, 1.807) is 12.1 Å². The van der Waals surface area contributed by atoms with E-state index < -0.39 is 48.9 Å². The minimum Gasteiger partial charge on any atom is -0.508 e. The van der Waals surface area contributed by atoms with E-state index in [9.17, 15) is 24.5 Å². The van der Waals surface area contributed by atoms with Crippen molar-refractivity contribution >= 4 is 42.7 Å². The number of fused-ring (bicyclic) bond motifs is 3. The first-order chi connectivity index (χ1) is 18.1. The van der Waals surface area contributed by atoms with Crippen LogP contribution in [0, 0.1) is 23.7 Å². The van der Waals surface area contributed by atoms with Gasteiger partial charge in [-0.3, -0.25) is 9.59 Å². The number of benzene rings is 1. The molecule has 2 saturated heterocycles. The van der Waals surface area contributed by atoms with Gasteiger partial charge in [0, 0.05) is 0 Å². The van der Waals surface area contributed by atoms with Gasteiger partial charge in [0.2, 0.25) is 11.8 Å². The minimum absolute atomic E-state index is 0.103. The van der Waals surface area contributed by atoms with Gasteiger partial charge in [-0.2, -0.15) is 4.90 Å². The van der Waals surface area contributed by atoms with E-state index in [0.717, 1.165) is 42.2 Å². The topological polar surface area (TPSA) is 113 Å². The van der Waals surface area contributed by atoms with Crippen LogP contribution in [0.5, 0.6) is 5.75 Å². The number of nitrogens with zero attached hydrogens (tertiary/aromatic N) is 1. The molecule has 2 aliphatic heterocycles. The first kappa shape index (κ1) is 28.4. The molecule has 0 unspecified atom stereocenters. The highest BCUT2D eigenvalue weighted by atomic mass is 35.5. The van der Waals surface area contributed by atoms with Gasteiger partial charge in [-0.15, -0.1) is 0 Å². The molecular formula is C28H35BClNO7. The predicted octanol–water partition coefficient (Wildman–Crippen LogP) is 5.23. The van der Waals surface area contributed by atoms with Crippen molar-refractivity contribution < 1.29 is 33.9 Å². The number of methoxy groups -OCH3 is 1. The quantitative estimate of drug-likeness (QED) is 0.275. The average Bonchev–Trinajstić information content (AvgIpc) is 3.12. The third-order valence-electron chi connectivity index (χ3n) is 7.94. The maximum atomic E-state index is 13.3. The third kappa shape index (κ3) is 5.42. The fourth-order valence-corrected chi connectivity index (χ4v) is 6.51. The lowest BCUT2D eigenvalue weighted by atomic mass is 9.57. The second-order valence-electron chi connectivity index (χ2n) is 10.7. The van der Waals surface area contributed by atoms with Crippen LogP contribution in [0.1, 0.15) is 58.4 Å². The molecule has 3 aliphatic rings. The van der Waals surface area contributed by atoms with Gasteiger partial charge >= 0.3 is 13.2 Å². The fraction of sp³-hybridized carbons (Fsp3) is 0.536. The summed E-state index contributed by atoms with van der Waals surface area (Å²) in [6.45, 7) is 6.20. The van der Waals surface area contributed by atoms with Crippen LogP contribution in [0.4, 0.5) is 4.79 Å². The monoisotopic (exact) mass is 543 g/mol. The molecule has 2 N–H and O–H groups in total. The van der Waals surface area contributed by atoms with Gasteiger partial charge < -0.3 is 19.5 Å². The second kappa shape index (κ2) is 11.6. The van der Waals surface area contributed by atoms with Crippen molar-refractivity contribution in [1.82, 2.24) is 4.90 Å². The number of carbonyl (C=O) groups excluding carboxylic acids is 3. The lowest BCUT2D eigenvalue weighted by Gasteiger charge is -2.44. The fourth-order valence-electron chi connectivity index (χ4n) is 6.28. The van der Waals surface area contributed by atoms with Crippen LogP contribution in [0.25, 0.3) is 6.08 Å². The molecule has 204 valence electrons. The SMILES string of the molecule is CCC/C(=C\c1ccc(O)cc1Cl)CC[C@H]1OB(O)C[C@H]2C1=C(C(C)C)C[C@H]1C(=O)N(C(=O)OC)C(=O)[C@H]12. The summed E-state index contributed by atoms with van der Waals surface area (Å²) in [7, 11) is 0.0656. The number of phenols is 1. The van der Waals surface area contributed by atoms with Gasteiger partial charge in [-0.1, -0.05) is 56.0 Å². The van der Waals surface area contributed by atoms with E-state index in [1.165, 1.54) is 6.07 Å². The Kier molecular flexibility index (Phi) is 8.70. The standard InChI is InChI=1S/C28H35BClNO7/c1-5-6-16(11-17-8-9-18(32)12-22(17)30)7-10-23-24-19(15(2)3)13-20-25(21(24)14-29(36)38-23)27(34)31(26(20)33)28(35)37-4/h8-9,11-12,15,20-21,23,25,32,36H,5-7,10,13-14H2,1-4H3/b16-11+/t20-,21+,23-,25-/m1/s1. The van der Waals surface area contributed by atoms with Crippen molar-refractivity contribution in [1.29, 1.82) is 0 Å². The largest absolute Gasteiger partial charge is 0.508 e. The molecule has 1 aromatic rings. The van der Waals surface area contributed by atoms with Gasteiger partial charge in [-0.05, 0) is 73.2 Å². The van der Waals surface area contributed by atoms with E-state index in [1.807, 2.05) is 6.08 Å². The first-order valence-electron chi connectivity index (χ1n) is 13.3. The minimum atomic E-state index is -1.08. The van der Waals surface area contributed by atoms with Gasteiger partial charge in [0.1, 0.15) is 5.75 Å². The first-order valence-corrected chi connectivity index (χ1v) is 13.6. The number of hydrogen-bond donors (Lipinski definition) is 2. The van der Waals surface area contributed by atoms with E-state index >= 15 is 0 Å². The molecule has 38 heavy (non-hydrogen) atoms. The summed E-state index contributed by atoms with van der Waals surface area (Å²) >= 11 is 6.34. The predicted molar refractivity (Wildman–Crippen MR) is 144 cm³/mol. The maximum absolute atomic E-state index is 13.3. The molecule has 1 aliphatic carbocycles. The highest BCUT2D eigenvalue weighted by molar-refractivity contribution is 6.43. The van der Waals surface area contributed by atoms with Gasteiger partial charge in [0.05, 0.1) is 30.1 Å². The van der Waals surface area contributed by atoms with Gasteiger partial charge in [-0.25, -0.2) is 4.79 Å². The highest BCUT2D eigenvalue weighted by Crippen LogP contribution is 2.52. The van der Waals surface area contributed by atoms with Crippen LogP contribution in [0.15, 0.2) is 34.9 Å². The van der Waals surface area contributed by atoms with E-state index in [4.69, 9.17) is 21.0 Å². The number of carbonyl (C=O) groups is 3. The molecule has 2 heterocycles. The van der Waals surface area contributed by atoms with Crippen LogP contribution in [0.3, 0.4) is 0 Å². The van der Waals surface area contributed by atoms with Gasteiger partial charge in [0.15, 0.2) is 0 Å². The lowest BCUT2D eigenvalue weighted by molar-refractivity contribution is -0.137. The number of likely N-dealkylation sites (tertiary alicyclic amines) is 1.